The second-order valence-corrected chi connectivity index (χ2v) is 10.4. The molecule has 0 unspecified atom stereocenters. The summed E-state index contributed by atoms with van der Waals surface area (Å²) in [5, 5.41) is 2.84. The molecule has 6 nitrogen and oxygen atoms in total. The number of fused-ring (bicyclic) bond motifs is 1. The number of aromatic nitrogens is 1. The lowest BCUT2D eigenvalue weighted by Gasteiger charge is -2.36. The molecule has 4 heterocycles. The fourth-order valence-corrected chi connectivity index (χ4v) is 6.08. The Bertz CT molecular complexity index is 1450. The maximum atomic E-state index is 14.7. The summed E-state index contributed by atoms with van der Waals surface area (Å²) in [4.78, 5) is 34.4. The Morgan fingerprint density at radius 3 is 2.50 bits per heavy atom. The number of anilines is 1. The van der Waals surface area contributed by atoms with Gasteiger partial charge in [-0.25, -0.2) is 8.78 Å². The Morgan fingerprint density at radius 1 is 1.00 bits per heavy atom. The average Bonchev–Trinajstić information content (AvgIpc) is 3.64. The van der Waals surface area contributed by atoms with E-state index in [0.717, 1.165) is 37.7 Å². The fourth-order valence-electron chi connectivity index (χ4n) is 6.08. The number of benzene rings is 2. The van der Waals surface area contributed by atoms with Crippen LogP contribution in [0.1, 0.15) is 53.0 Å². The van der Waals surface area contributed by atoms with E-state index in [2.05, 4.69) is 15.2 Å². The van der Waals surface area contributed by atoms with Gasteiger partial charge in [-0.15, -0.1) is 0 Å². The summed E-state index contributed by atoms with van der Waals surface area (Å²) in [5.41, 5.74) is 3.94. The SMILES string of the molecule is Cc1cc(C(=O)N2CCC(N3CCCC3)CC2)c(C=C2C(=O)Nc3cccc(-c4ccc(F)cc4F)c32)[nH]1. The third kappa shape index (κ3) is 4.43. The van der Waals surface area contributed by atoms with Gasteiger partial charge in [0.1, 0.15) is 11.6 Å². The van der Waals surface area contributed by atoms with Crippen LogP contribution >= 0.6 is 0 Å². The van der Waals surface area contributed by atoms with Crippen LogP contribution in [0.3, 0.4) is 0 Å². The quantitative estimate of drug-likeness (QED) is 0.453. The molecule has 2 amide bonds. The first kappa shape index (κ1) is 24.6. The third-order valence-electron chi connectivity index (χ3n) is 7.96. The van der Waals surface area contributed by atoms with E-state index in [-0.39, 0.29) is 17.4 Å². The Morgan fingerprint density at radius 2 is 1.76 bits per heavy atom. The Labute approximate surface area is 220 Å². The summed E-state index contributed by atoms with van der Waals surface area (Å²) in [6, 6.07) is 10.9. The topological polar surface area (TPSA) is 68.4 Å². The number of halogens is 2. The van der Waals surface area contributed by atoms with Crippen molar-refractivity contribution in [1.82, 2.24) is 14.8 Å². The first-order valence-corrected chi connectivity index (χ1v) is 13.2. The monoisotopic (exact) mass is 516 g/mol. The molecule has 38 heavy (non-hydrogen) atoms. The number of hydrogen-bond acceptors (Lipinski definition) is 3. The number of carbonyl (C=O) groups excluding carboxylic acids is 2. The molecule has 196 valence electrons. The van der Waals surface area contributed by atoms with E-state index in [1.165, 1.54) is 25.0 Å². The van der Waals surface area contributed by atoms with Crippen molar-refractivity contribution in [3.05, 3.63) is 76.6 Å². The number of nitrogens with one attached hydrogen (secondary N) is 2. The van der Waals surface area contributed by atoms with Crippen molar-refractivity contribution in [1.29, 1.82) is 0 Å². The standard InChI is InChI=1S/C30H30F2N4O2/c1-18-15-23(30(38)36-13-9-20(10-14-36)35-11-2-3-12-35)27(33-18)17-24-28-22(5-4-6-26(28)34-29(24)37)21-8-7-19(31)16-25(21)32/h4-8,15-17,20,33H,2-3,9-14H2,1H3,(H,34,37). The molecule has 0 bridgehead atoms. The molecule has 3 aromatic rings. The first-order valence-electron chi connectivity index (χ1n) is 13.2. The lowest BCUT2D eigenvalue weighted by Crippen LogP contribution is -2.46. The first-order chi connectivity index (χ1) is 18.4. The van der Waals surface area contributed by atoms with Gasteiger partial charge >= 0.3 is 0 Å². The van der Waals surface area contributed by atoms with Gasteiger partial charge in [0.05, 0.1) is 16.8 Å². The number of likely N-dealkylation sites (tertiary alicyclic amines) is 2. The van der Waals surface area contributed by atoms with E-state index in [4.69, 9.17) is 0 Å². The molecular formula is C30H30F2N4O2. The maximum Gasteiger partial charge on any atom is 0.256 e. The number of carbonyl (C=O) groups is 2. The molecule has 3 aliphatic heterocycles. The third-order valence-corrected chi connectivity index (χ3v) is 7.96. The van der Waals surface area contributed by atoms with Gasteiger partial charge in [-0.1, -0.05) is 12.1 Å². The largest absolute Gasteiger partial charge is 0.358 e. The van der Waals surface area contributed by atoms with Crippen LogP contribution in [-0.4, -0.2) is 58.8 Å². The second-order valence-electron chi connectivity index (χ2n) is 10.4. The lowest BCUT2D eigenvalue weighted by molar-refractivity contribution is -0.110. The molecule has 1 aromatic heterocycles. The van der Waals surface area contributed by atoms with Crippen molar-refractivity contribution >= 4 is 29.2 Å². The molecule has 8 heteroatoms. The molecule has 0 atom stereocenters. The predicted octanol–water partition coefficient (Wildman–Crippen LogP) is 5.46. The van der Waals surface area contributed by atoms with Crippen LogP contribution in [0, 0.1) is 18.6 Å². The number of nitrogens with zero attached hydrogens (tertiary/aromatic N) is 2. The molecular weight excluding hydrogens is 486 g/mol. The van der Waals surface area contributed by atoms with Crippen molar-refractivity contribution < 1.29 is 18.4 Å². The highest BCUT2D eigenvalue weighted by Gasteiger charge is 2.32. The summed E-state index contributed by atoms with van der Waals surface area (Å²) in [6.07, 6.45) is 6.11. The zero-order valence-electron chi connectivity index (χ0n) is 21.3. The van der Waals surface area contributed by atoms with Crippen LogP contribution in [0.2, 0.25) is 0 Å². The maximum absolute atomic E-state index is 14.7. The molecule has 3 aliphatic rings. The molecule has 2 aromatic carbocycles. The number of piperidine rings is 1. The van der Waals surface area contributed by atoms with Gasteiger partial charge in [-0.2, -0.15) is 0 Å². The number of H-pyrrole nitrogens is 1. The van der Waals surface area contributed by atoms with Gasteiger partial charge in [-0.3, -0.25) is 9.59 Å². The zero-order valence-corrected chi connectivity index (χ0v) is 21.3. The molecule has 0 radical (unpaired) electrons. The van der Waals surface area contributed by atoms with Gasteiger partial charge in [0.25, 0.3) is 11.8 Å². The normalized spacial score (nSPS) is 19.3. The summed E-state index contributed by atoms with van der Waals surface area (Å²) >= 11 is 0. The molecule has 6 rings (SSSR count). The van der Waals surface area contributed by atoms with E-state index < -0.39 is 11.6 Å². The van der Waals surface area contributed by atoms with E-state index in [1.807, 2.05) is 17.9 Å². The van der Waals surface area contributed by atoms with Gasteiger partial charge < -0.3 is 20.1 Å². The Hall–Kier alpha value is -3.78. The predicted molar refractivity (Wildman–Crippen MR) is 144 cm³/mol. The highest BCUT2D eigenvalue weighted by atomic mass is 19.1. The number of rotatable bonds is 4. The molecule has 2 saturated heterocycles. The minimum atomic E-state index is -0.707. The summed E-state index contributed by atoms with van der Waals surface area (Å²) in [5.74, 6) is -1.77. The highest BCUT2D eigenvalue weighted by molar-refractivity contribution is 6.36. The van der Waals surface area contributed by atoms with Gasteiger partial charge in [0, 0.05) is 47.7 Å². The Balaban J connectivity index is 1.32. The number of aryl methyl sites for hydroxylation is 1. The van der Waals surface area contributed by atoms with Gasteiger partial charge in [0.2, 0.25) is 0 Å². The highest BCUT2D eigenvalue weighted by Crippen LogP contribution is 2.41. The van der Waals surface area contributed by atoms with Crippen LogP contribution < -0.4 is 5.32 Å². The second kappa shape index (κ2) is 9.83. The van der Waals surface area contributed by atoms with Crippen molar-refractivity contribution in [2.24, 2.45) is 0 Å². The lowest BCUT2D eigenvalue weighted by atomic mass is 9.93. The Kier molecular flexibility index (Phi) is 6.35. The molecule has 2 fully saturated rings. The molecule has 2 N–H and O–H groups in total. The van der Waals surface area contributed by atoms with Crippen LogP contribution in [0.5, 0.6) is 0 Å². The van der Waals surface area contributed by atoms with E-state index >= 15 is 0 Å². The van der Waals surface area contributed by atoms with Crippen molar-refractivity contribution in [2.75, 3.05) is 31.5 Å². The van der Waals surface area contributed by atoms with E-state index in [1.54, 1.807) is 24.3 Å². The fraction of sp³-hybridized carbons (Fsp3) is 0.333. The minimum Gasteiger partial charge on any atom is -0.358 e. The minimum absolute atomic E-state index is 0.0578. The smallest absolute Gasteiger partial charge is 0.256 e. The average molecular weight is 517 g/mol. The van der Waals surface area contributed by atoms with Crippen molar-refractivity contribution in [3.63, 3.8) is 0 Å². The van der Waals surface area contributed by atoms with Crippen molar-refractivity contribution in [2.45, 2.75) is 38.6 Å². The summed E-state index contributed by atoms with van der Waals surface area (Å²) < 4.78 is 28.3. The van der Waals surface area contributed by atoms with Crippen molar-refractivity contribution in [3.8, 4) is 11.1 Å². The van der Waals surface area contributed by atoms with Crippen LogP contribution in [0.25, 0.3) is 22.8 Å². The van der Waals surface area contributed by atoms with E-state index in [9.17, 15) is 18.4 Å². The molecule has 0 saturated carbocycles. The number of aromatic amines is 1. The van der Waals surface area contributed by atoms with Crippen LogP contribution in [0.4, 0.5) is 14.5 Å². The number of amides is 2. The van der Waals surface area contributed by atoms with E-state index in [0.29, 0.717) is 52.8 Å². The van der Waals surface area contributed by atoms with Gasteiger partial charge in [-0.05, 0) is 81.6 Å². The summed E-state index contributed by atoms with van der Waals surface area (Å²) in [6.45, 7) is 5.59. The van der Waals surface area contributed by atoms with Crippen LogP contribution in [0.15, 0.2) is 42.5 Å². The molecule has 0 aliphatic carbocycles. The zero-order chi connectivity index (χ0) is 26.4. The van der Waals surface area contributed by atoms with Crippen LogP contribution in [-0.2, 0) is 4.79 Å². The summed E-state index contributed by atoms with van der Waals surface area (Å²) in [7, 11) is 0. The molecule has 0 spiro atoms. The van der Waals surface area contributed by atoms with Gasteiger partial charge in [0.15, 0.2) is 0 Å². The number of hydrogen-bond donors (Lipinski definition) is 2.